The maximum Gasteiger partial charge on any atom is 0.356 e. The van der Waals surface area contributed by atoms with Crippen LogP contribution in [0, 0.1) is 10.1 Å². The summed E-state index contributed by atoms with van der Waals surface area (Å²) in [6, 6.07) is 11.8. The van der Waals surface area contributed by atoms with Gasteiger partial charge in [0.05, 0.1) is 10.4 Å². The average molecular weight is 402 g/mol. The molecule has 9 nitrogen and oxygen atoms in total. The minimum absolute atomic E-state index is 0.0145. The summed E-state index contributed by atoms with van der Waals surface area (Å²) in [5.74, 6) is -0.0396. The van der Waals surface area contributed by atoms with Crippen LogP contribution in [-0.4, -0.2) is 29.9 Å². The van der Waals surface area contributed by atoms with Crippen LogP contribution in [0.3, 0.4) is 0 Å². The van der Waals surface area contributed by atoms with Crippen molar-refractivity contribution in [1.82, 2.24) is 25.0 Å². The zero-order valence-corrected chi connectivity index (χ0v) is 14.9. The number of benzene rings is 2. The third kappa shape index (κ3) is 3.25. The normalized spacial score (nSPS) is 10.9. The first-order chi connectivity index (χ1) is 13.0. The summed E-state index contributed by atoms with van der Waals surface area (Å²) in [6.07, 6.45) is 1.20. The SMILES string of the molecule is O=[N+]([O-])c1c(Nc2cc(Cl)cc(Cl)c2)ncnc1-n1nnc2ccccc21. The largest absolute Gasteiger partial charge is 0.356 e. The first-order valence-corrected chi connectivity index (χ1v) is 8.32. The highest BCUT2D eigenvalue weighted by atomic mass is 35.5. The van der Waals surface area contributed by atoms with Crippen LogP contribution in [0.4, 0.5) is 17.2 Å². The molecule has 11 heteroatoms. The number of fused-ring (bicyclic) bond motifs is 1. The van der Waals surface area contributed by atoms with Gasteiger partial charge in [0.15, 0.2) is 0 Å². The molecule has 0 radical (unpaired) electrons. The van der Waals surface area contributed by atoms with Crippen LogP contribution in [-0.2, 0) is 0 Å². The van der Waals surface area contributed by atoms with Gasteiger partial charge in [-0.25, -0.2) is 9.97 Å². The lowest BCUT2D eigenvalue weighted by Gasteiger charge is -2.09. The number of hydrogen-bond acceptors (Lipinski definition) is 7. The van der Waals surface area contributed by atoms with Gasteiger partial charge in [0.2, 0.25) is 11.6 Å². The molecule has 0 unspecified atom stereocenters. The molecule has 1 N–H and O–H groups in total. The molecule has 2 heterocycles. The summed E-state index contributed by atoms with van der Waals surface area (Å²) in [4.78, 5) is 19.2. The molecule has 0 aliphatic carbocycles. The number of hydrogen-bond donors (Lipinski definition) is 1. The van der Waals surface area contributed by atoms with Gasteiger partial charge in [-0.1, -0.05) is 40.5 Å². The van der Waals surface area contributed by atoms with E-state index in [9.17, 15) is 10.1 Å². The van der Waals surface area contributed by atoms with E-state index in [4.69, 9.17) is 23.2 Å². The molecule has 0 amide bonds. The monoisotopic (exact) mass is 401 g/mol. The van der Waals surface area contributed by atoms with E-state index in [1.54, 1.807) is 42.5 Å². The number of nitrogens with one attached hydrogen (secondary N) is 1. The third-order valence-electron chi connectivity index (χ3n) is 3.66. The van der Waals surface area contributed by atoms with E-state index in [2.05, 4.69) is 25.6 Å². The quantitative estimate of drug-likeness (QED) is 0.403. The molecule has 0 atom stereocenters. The second kappa shape index (κ2) is 6.78. The fraction of sp³-hybridized carbons (Fsp3) is 0. The highest BCUT2D eigenvalue weighted by Crippen LogP contribution is 2.32. The van der Waals surface area contributed by atoms with Crippen molar-refractivity contribution in [1.29, 1.82) is 0 Å². The lowest BCUT2D eigenvalue weighted by atomic mass is 10.3. The predicted molar refractivity (Wildman–Crippen MR) is 101 cm³/mol. The average Bonchev–Trinajstić information content (AvgIpc) is 3.04. The van der Waals surface area contributed by atoms with Crippen molar-refractivity contribution < 1.29 is 4.92 Å². The molecule has 0 saturated carbocycles. The Labute approximate surface area is 161 Å². The molecule has 4 aromatic rings. The summed E-state index contributed by atoms with van der Waals surface area (Å²) in [7, 11) is 0. The van der Waals surface area contributed by atoms with Crippen molar-refractivity contribution in [2.45, 2.75) is 0 Å². The molecule has 134 valence electrons. The van der Waals surface area contributed by atoms with E-state index < -0.39 is 4.92 Å². The summed E-state index contributed by atoms with van der Waals surface area (Å²) in [6.45, 7) is 0. The summed E-state index contributed by atoms with van der Waals surface area (Å²) in [5.41, 5.74) is 1.26. The van der Waals surface area contributed by atoms with Gasteiger partial charge in [0, 0.05) is 15.7 Å². The van der Waals surface area contributed by atoms with Gasteiger partial charge < -0.3 is 5.32 Å². The second-order valence-electron chi connectivity index (χ2n) is 5.42. The Morgan fingerprint density at radius 3 is 2.56 bits per heavy atom. The van der Waals surface area contributed by atoms with Gasteiger partial charge in [0.25, 0.3) is 0 Å². The summed E-state index contributed by atoms with van der Waals surface area (Å²) in [5, 5.41) is 23.4. The predicted octanol–water partition coefficient (Wildman–Crippen LogP) is 4.17. The van der Waals surface area contributed by atoms with E-state index in [0.717, 1.165) is 0 Å². The molecule has 0 spiro atoms. The first-order valence-electron chi connectivity index (χ1n) is 7.56. The van der Waals surface area contributed by atoms with E-state index in [1.165, 1.54) is 11.0 Å². The van der Waals surface area contributed by atoms with E-state index >= 15 is 0 Å². The fourth-order valence-corrected chi connectivity index (χ4v) is 3.10. The zero-order chi connectivity index (χ0) is 19.0. The van der Waals surface area contributed by atoms with Gasteiger partial charge >= 0.3 is 5.69 Å². The van der Waals surface area contributed by atoms with Crippen molar-refractivity contribution in [3.63, 3.8) is 0 Å². The molecule has 2 aromatic carbocycles. The van der Waals surface area contributed by atoms with Crippen molar-refractivity contribution in [3.05, 3.63) is 69.0 Å². The van der Waals surface area contributed by atoms with Crippen LogP contribution >= 0.6 is 23.2 Å². The number of rotatable bonds is 4. The van der Waals surface area contributed by atoms with Crippen LogP contribution in [0.15, 0.2) is 48.8 Å². The second-order valence-corrected chi connectivity index (χ2v) is 6.30. The standard InChI is InChI=1S/C16H9Cl2N7O2/c17-9-5-10(18)7-11(6-9)21-15-14(25(26)27)16(20-8-19-15)24-13-4-2-1-3-12(13)22-23-24/h1-8H,(H,19,20,21). The topological polar surface area (TPSA) is 112 Å². The van der Waals surface area contributed by atoms with E-state index in [1.807, 2.05) is 0 Å². The number of nitrogens with zero attached hydrogens (tertiary/aromatic N) is 6. The molecular weight excluding hydrogens is 393 g/mol. The minimum Gasteiger partial charge on any atom is -0.334 e. The molecule has 2 aromatic heterocycles. The molecule has 0 saturated heterocycles. The molecule has 0 fully saturated rings. The third-order valence-corrected chi connectivity index (χ3v) is 4.10. The Kier molecular flexibility index (Phi) is 4.30. The van der Waals surface area contributed by atoms with Crippen molar-refractivity contribution >= 4 is 51.4 Å². The van der Waals surface area contributed by atoms with Crippen molar-refractivity contribution in [2.24, 2.45) is 0 Å². The van der Waals surface area contributed by atoms with Crippen molar-refractivity contribution in [3.8, 4) is 5.82 Å². The molecule has 0 aliphatic heterocycles. The lowest BCUT2D eigenvalue weighted by molar-refractivity contribution is -0.384. The Hall–Kier alpha value is -3.30. The highest BCUT2D eigenvalue weighted by molar-refractivity contribution is 6.35. The van der Waals surface area contributed by atoms with Gasteiger partial charge in [-0.05, 0) is 30.3 Å². The number of halogens is 2. The van der Waals surface area contributed by atoms with E-state index in [-0.39, 0.29) is 17.3 Å². The lowest BCUT2D eigenvalue weighted by Crippen LogP contribution is -2.09. The zero-order valence-electron chi connectivity index (χ0n) is 13.4. The maximum atomic E-state index is 11.8. The molecular formula is C16H9Cl2N7O2. The maximum absolute atomic E-state index is 11.8. The molecule has 0 aliphatic rings. The Bertz CT molecular complexity index is 1160. The Morgan fingerprint density at radius 1 is 1.07 bits per heavy atom. The Balaban J connectivity index is 1.87. The summed E-state index contributed by atoms with van der Waals surface area (Å²) < 4.78 is 1.30. The van der Waals surface area contributed by atoms with Gasteiger partial charge in [-0.15, -0.1) is 5.10 Å². The molecule has 4 rings (SSSR count). The van der Waals surface area contributed by atoms with Crippen LogP contribution in [0.25, 0.3) is 16.9 Å². The highest BCUT2D eigenvalue weighted by Gasteiger charge is 2.26. The Morgan fingerprint density at radius 2 is 1.81 bits per heavy atom. The van der Waals surface area contributed by atoms with E-state index in [0.29, 0.717) is 26.8 Å². The minimum atomic E-state index is -0.583. The first kappa shape index (κ1) is 17.1. The van der Waals surface area contributed by atoms with Gasteiger partial charge in [-0.2, -0.15) is 4.68 Å². The molecule has 0 bridgehead atoms. The number of aromatic nitrogens is 5. The van der Waals surface area contributed by atoms with Crippen LogP contribution in [0.5, 0.6) is 0 Å². The number of nitro groups is 1. The van der Waals surface area contributed by atoms with Crippen LogP contribution < -0.4 is 5.32 Å². The van der Waals surface area contributed by atoms with Crippen molar-refractivity contribution in [2.75, 3.05) is 5.32 Å². The number of para-hydroxylation sites is 1. The smallest absolute Gasteiger partial charge is 0.334 e. The molecule has 27 heavy (non-hydrogen) atoms. The fourth-order valence-electron chi connectivity index (χ4n) is 2.57. The summed E-state index contributed by atoms with van der Waals surface area (Å²) >= 11 is 12.0. The van der Waals surface area contributed by atoms with Crippen LogP contribution in [0.1, 0.15) is 0 Å². The number of anilines is 2. The van der Waals surface area contributed by atoms with Crippen LogP contribution in [0.2, 0.25) is 10.0 Å². The van der Waals surface area contributed by atoms with Gasteiger partial charge in [-0.3, -0.25) is 10.1 Å². The van der Waals surface area contributed by atoms with Gasteiger partial charge in [0.1, 0.15) is 11.8 Å².